The summed E-state index contributed by atoms with van der Waals surface area (Å²) in [6.45, 7) is 8.23. The first-order valence-electron chi connectivity index (χ1n) is 6.78. The Hall–Kier alpha value is -0.900. The summed E-state index contributed by atoms with van der Waals surface area (Å²) in [6, 6.07) is 8.36. The summed E-state index contributed by atoms with van der Waals surface area (Å²) in [6.07, 6.45) is 0. The molecule has 0 unspecified atom stereocenters. The van der Waals surface area contributed by atoms with Gasteiger partial charge in [-0.1, -0.05) is 45.0 Å². The lowest BCUT2D eigenvalue weighted by molar-refractivity contribution is 0.568. The monoisotopic (exact) mass is 308 g/mol. The number of aromatic nitrogens is 1. The third kappa shape index (κ3) is 4.30. The first-order chi connectivity index (χ1) is 9.49. The highest BCUT2D eigenvalue weighted by Gasteiger charge is 2.17. The zero-order valence-electron chi connectivity index (χ0n) is 12.2. The lowest BCUT2D eigenvalue weighted by Crippen LogP contribution is -2.14. The molecule has 0 atom stereocenters. The van der Waals surface area contributed by atoms with Crippen molar-refractivity contribution in [2.75, 3.05) is 0 Å². The van der Waals surface area contributed by atoms with Crippen LogP contribution in [-0.4, -0.2) is 4.98 Å². The smallest absolute Gasteiger partial charge is 0.107 e. The van der Waals surface area contributed by atoms with Gasteiger partial charge < -0.3 is 5.32 Å². The summed E-state index contributed by atoms with van der Waals surface area (Å²) in [5.41, 5.74) is 3.72. The van der Waals surface area contributed by atoms with E-state index in [-0.39, 0.29) is 5.41 Å². The summed E-state index contributed by atoms with van der Waals surface area (Å²) in [5, 5.41) is 6.74. The Balaban J connectivity index is 1.88. The first kappa shape index (κ1) is 15.5. The topological polar surface area (TPSA) is 24.9 Å². The molecule has 2 nitrogen and oxygen atoms in total. The Morgan fingerprint density at radius 2 is 1.95 bits per heavy atom. The second-order valence-corrected chi connectivity index (χ2v) is 7.14. The van der Waals surface area contributed by atoms with Crippen LogP contribution < -0.4 is 5.32 Å². The normalized spacial score (nSPS) is 11.8. The fraction of sp³-hybridized carbons (Fsp3) is 0.438. The molecule has 0 fully saturated rings. The summed E-state index contributed by atoms with van der Waals surface area (Å²) < 4.78 is 0. The Bertz CT molecular complexity index is 558. The van der Waals surface area contributed by atoms with E-state index in [1.807, 2.05) is 6.07 Å². The molecule has 0 aliphatic carbocycles. The molecular formula is C16H21ClN2S. The van der Waals surface area contributed by atoms with Crippen molar-refractivity contribution in [3.63, 3.8) is 0 Å². The maximum atomic E-state index is 5.85. The zero-order valence-corrected chi connectivity index (χ0v) is 13.8. The Kier molecular flexibility index (Phi) is 5.19. The SMILES string of the molecule is CC(C)(C)c1csc(CNCc2cccc(CCl)c2)n1. The average Bonchev–Trinajstić information content (AvgIpc) is 2.88. The molecule has 1 N–H and O–H groups in total. The van der Waals surface area contributed by atoms with E-state index >= 15 is 0 Å². The van der Waals surface area contributed by atoms with Crippen molar-refractivity contribution in [3.8, 4) is 0 Å². The molecule has 0 aliphatic heterocycles. The number of benzene rings is 1. The second-order valence-electron chi connectivity index (χ2n) is 5.93. The molecule has 0 bridgehead atoms. The van der Waals surface area contributed by atoms with Crippen LogP contribution in [0, 0.1) is 0 Å². The van der Waals surface area contributed by atoms with E-state index in [0.29, 0.717) is 5.88 Å². The predicted molar refractivity (Wildman–Crippen MR) is 87.4 cm³/mol. The molecule has 1 heterocycles. The molecule has 2 rings (SSSR count). The van der Waals surface area contributed by atoms with Gasteiger partial charge in [0.25, 0.3) is 0 Å². The molecular weight excluding hydrogens is 288 g/mol. The zero-order chi connectivity index (χ0) is 14.6. The summed E-state index contributed by atoms with van der Waals surface area (Å²) in [4.78, 5) is 4.68. The maximum absolute atomic E-state index is 5.85. The van der Waals surface area contributed by atoms with Crippen molar-refractivity contribution in [1.82, 2.24) is 10.3 Å². The molecule has 0 spiro atoms. The molecule has 20 heavy (non-hydrogen) atoms. The van der Waals surface area contributed by atoms with Gasteiger partial charge in [0, 0.05) is 29.8 Å². The van der Waals surface area contributed by atoms with E-state index in [2.05, 4.69) is 54.7 Å². The van der Waals surface area contributed by atoms with Crippen LogP contribution in [-0.2, 0) is 24.4 Å². The summed E-state index contributed by atoms with van der Waals surface area (Å²) >= 11 is 7.57. The Morgan fingerprint density at radius 3 is 2.60 bits per heavy atom. The van der Waals surface area contributed by atoms with Crippen LogP contribution in [0.25, 0.3) is 0 Å². The Morgan fingerprint density at radius 1 is 1.20 bits per heavy atom. The van der Waals surface area contributed by atoms with Gasteiger partial charge in [-0.2, -0.15) is 0 Å². The average molecular weight is 309 g/mol. The fourth-order valence-corrected chi connectivity index (χ4v) is 3.03. The van der Waals surface area contributed by atoms with Gasteiger partial charge in [-0.3, -0.25) is 0 Å². The van der Waals surface area contributed by atoms with E-state index in [4.69, 9.17) is 11.6 Å². The van der Waals surface area contributed by atoms with Gasteiger partial charge in [0.05, 0.1) is 5.69 Å². The molecule has 0 saturated carbocycles. The highest BCUT2D eigenvalue weighted by molar-refractivity contribution is 7.09. The highest BCUT2D eigenvalue weighted by atomic mass is 35.5. The van der Waals surface area contributed by atoms with Crippen molar-refractivity contribution >= 4 is 22.9 Å². The van der Waals surface area contributed by atoms with Crippen LogP contribution >= 0.6 is 22.9 Å². The minimum absolute atomic E-state index is 0.128. The van der Waals surface area contributed by atoms with Crippen molar-refractivity contribution in [3.05, 3.63) is 51.5 Å². The summed E-state index contributed by atoms with van der Waals surface area (Å²) in [7, 11) is 0. The van der Waals surface area contributed by atoms with E-state index in [1.54, 1.807) is 11.3 Å². The number of nitrogens with zero attached hydrogens (tertiary/aromatic N) is 1. The molecule has 108 valence electrons. The van der Waals surface area contributed by atoms with Crippen LogP contribution in [0.4, 0.5) is 0 Å². The first-order valence-corrected chi connectivity index (χ1v) is 8.20. The van der Waals surface area contributed by atoms with Gasteiger partial charge in [0.15, 0.2) is 0 Å². The standard InChI is InChI=1S/C16H21ClN2S/c1-16(2,3)14-11-20-15(19-14)10-18-9-13-6-4-5-12(7-13)8-17/h4-7,11,18H,8-10H2,1-3H3. The van der Waals surface area contributed by atoms with Gasteiger partial charge >= 0.3 is 0 Å². The third-order valence-corrected chi connectivity index (χ3v) is 4.23. The number of thiazole rings is 1. The predicted octanol–water partition coefficient (Wildman–Crippen LogP) is 4.47. The van der Waals surface area contributed by atoms with Gasteiger partial charge in [0.2, 0.25) is 0 Å². The van der Waals surface area contributed by atoms with Crippen LogP contribution in [0.3, 0.4) is 0 Å². The molecule has 0 amide bonds. The van der Waals surface area contributed by atoms with Crippen molar-refractivity contribution in [1.29, 1.82) is 0 Å². The number of rotatable bonds is 5. The van der Waals surface area contributed by atoms with E-state index < -0.39 is 0 Å². The van der Waals surface area contributed by atoms with Gasteiger partial charge in [-0.05, 0) is 11.1 Å². The van der Waals surface area contributed by atoms with Gasteiger partial charge in [-0.15, -0.1) is 22.9 Å². The van der Waals surface area contributed by atoms with Crippen LogP contribution in [0.5, 0.6) is 0 Å². The number of hydrogen-bond acceptors (Lipinski definition) is 3. The van der Waals surface area contributed by atoms with Gasteiger partial charge in [0.1, 0.15) is 5.01 Å². The molecule has 0 radical (unpaired) electrons. The molecule has 2 aromatic rings. The van der Waals surface area contributed by atoms with Crippen molar-refractivity contribution < 1.29 is 0 Å². The molecule has 0 saturated heterocycles. The summed E-state index contributed by atoms with van der Waals surface area (Å²) in [5.74, 6) is 0.565. The minimum Gasteiger partial charge on any atom is -0.306 e. The Labute approximate surface area is 130 Å². The molecule has 0 aliphatic rings. The number of halogens is 1. The van der Waals surface area contributed by atoms with Crippen molar-refractivity contribution in [2.45, 2.75) is 45.2 Å². The molecule has 1 aromatic carbocycles. The van der Waals surface area contributed by atoms with E-state index in [9.17, 15) is 0 Å². The third-order valence-electron chi connectivity index (χ3n) is 3.07. The molecule has 1 aromatic heterocycles. The van der Waals surface area contributed by atoms with Gasteiger partial charge in [-0.25, -0.2) is 4.98 Å². The number of nitrogens with one attached hydrogen (secondary N) is 1. The second kappa shape index (κ2) is 6.70. The van der Waals surface area contributed by atoms with Crippen LogP contribution in [0.15, 0.2) is 29.6 Å². The van der Waals surface area contributed by atoms with Crippen LogP contribution in [0.1, 0.15) is 42.6 Å². The van der Waals surface area contributed by atoms with E-state index in [0.717, 1.165) is 23.7 Å². The molecule has 4 heteroatoms. The highest BCUT2D eigenvalue weighted by Crippen LogP contribution is 2.23. The maximum Gasteiger partial charge on any atom is 0.107 e. The van der Waals surface area contributed by atoms with Crippen LogP contribution in [0.2, 0.25) is 0 Å². The van der Waals surface area contributed by atoms with Crippen molar-refractivity contribution in [2.24, 2.45) is 0 Å². The fourth-order valence-electron chi connectivity index (χ4n) is 1.87. The lowest BCUT2D eigenvalue weighted by Gasteiger charge is -2.14. The number of hydrogen-bond donors (Lipinski definition) is 1. The minimum atomic E-state index is 0.128. The quantitative estimate of drug-likeness (QED) is 0.824. The van der Waals surface area contributed by atoms with E-state index in [1.165, 1.54) is 11.3 Å². The number of alkyl halides is 1. The lowest BCUT2D eigenvalue weighted by atomic mass is 9.93. The largest absolute Gasteiger partial charge is 0.306 e.